The first-order valence-electron chi connectivity index (χ1n) is 23.5. The molecular weight excluding hydrogens is 981 g/mol. The Morgan fingerprint density at radius 2 is 1.19 bits per heavy atom. The van der Waals surface area contributed by atoms with E-state index in [4.69, 9.17) is 87.6 Å². The zero-order valence-corrected chi connectivity index (χ0v) is 43.1. The molecule has 1 aromatic carbocycles. The van der Waals surface area contributed by atoms with E-state index in [9.17, 15) is 30.2 Å². The van der Waals surface area contributed by atoms with Crippen LogP contribution in [0.25, 0.3) is 20.9 Å². The molecule has 388 valence electrons. The Labute approximate surface area is 422 Å². The maximum atomic E-state index is 13.6. The van der Waals surface area contributed by atoms with E-state index in [1.54, 1.807) is 58.0 Å². The van der Waals surface area contributed by atoms with Crippen molar-refractivity contribution >= 4 is 64.2 Å². The van der Waals surface area contributed by atoms with Gasteiger partial charge in [0, 0.05) is 28.1 Å². The maximum Gasteiger partial charge on any atom is 0.338 e. The fourth-order valence-corrected chi connectivity index (χ4v) is 9.62. The number of azide groups is 2. The minimum Gasteiger partial charge on any atom is -0.457 e. The van der Waals surface area contributed by atoms with Crippen molar-refractivity contribution < 1.29 is 66.5 Å². The first-order chi connectivity index (χ1) is 33.1. The van der Waals surface area contributed by atoms with E-state index in [0.29, 0.717) is 12.8 Å². The van der Waals surface area contributed by atoms with E-state index in [-0.39, 0.29) is 42.1 Å². The van der Waals surface area contributed by atoms with Gasteiger partial charge in [0.05, 0.1) is 54.6 Å². The van der Waals surface area contributed by atoms with E-state index in [0.717, 1.165) is 0 Å². The number of rotatable bonds is 18. The third-order valence-corrected chi connectivity index (χ3v) is 14.2. The molecule has 20 atom stereocenters. The fourth-order valence-electron chi connectivity index (χ4n) is 9.48. The highest BCUT2D eigenvalue weighted by Gasteiger charge is 2.56. The van der Waals surface area contributed by atoms with Crippen molar-refractivity contribution in [2.75, 3.05) is 0 Å². The molecule has 1 aromatic rings. The molecule has 24 heteroatoms. The van der Waals surface area contributed by atoms with Gasteiger partial charge in [-0.2, -0.15) is 0 Å². The number of ether oxygens (including phenoxy) is 10. The Bertz CT molecular complexity index is 2100. The average Bonchev–Trinajstić information content (AvgIpc) is 3.31. The number of nitrogens with zero attached hydrogens (tertiary/aromatic N) is 6. The lowest BCUT2D eigenvalue weighted by molar-refractivity contribution is -0.353. The fraction of sp³-hybridized carbons (Fsp3) is 0.761. The summed E-state index contributed by atoms with van der Waals surface area (Å²) in [5, 5.41) is 16.4. The molecule has 0 aromatic heterocycles. The molecule has 0 saturated carbocycles. The Morgan fingerprint density at radius 1 is 0.643 bits per heavy atom. The normalized spacial score (nSPS) is 37.7. The summed E-state index contributed by atoms with van der Waals surface area (Å²) in [7, 11) is 0. The molecule has 0 spiro atoms. The Kier molecular flexibility index (Phi) is 20.6. The number of nitrogens with one attached hydrogen (secondary N) is 1. The van der Waals surface area contributed by atoms with Crippen LogP contribution < -0.4 is 0 Å². The van der Waals surface area contributed by atoms with Crippen LogP contribution in [0.15, 0.2) is 40.6 Å². The summed E-state index contributed by atoms with van der Waals surface area (Å²) >= 11 is 17.8. The first-order valence-corrected chi connectivity index (χ1v) is 24.6. The lowest BCUT2D eigenvalue weighted by Crippen LogP contribution is -2.63. The van der Waals surface area contributed by atoms with Gasteiger partial charge in [-0.25, -0.2) is 4.79 Å². The molecule has 0 radical (unpaired) electrons. The number of alkyl halides is 3. The highest BCUT2D eigenvalue weighted by atomic mass is 35.6. The molecule has 5 rings (SSSR count). The van der Waals surface area contributed by atoms with Gasteiger partial charge in [-0.05, 0) is 74.6 Å². The number of hydrogen-bond acceptors (Lipinski definition) is 17. The van der Waals surface area contributed by atoms with Gasteiger partial charge in [0.2, 0.25) is 12.2 Å². The number of ketones is 2. The highest BCUT2D eigenvalue weighted by Crippen LogP contribution is 2.43. The van der Waals surface area contributed by atoms with Crippen molar-refractivity contribution in [1.82, 2.24) is 0 Å². The molecule has 21 nitrogen and oxygen atoms in total. The van der Waals surface area contributed by atoms with Crippen LogP contribution in [0.3, 0.4) is 0 Å². The van der Waals surface area contributed by atoms with Crippen molar-refractivity contribution in [3.63, 3.8) is 0 Å². The SMILES string of the molecule is CCC1O[C@H](O[C@@H]2C(C)O[C@H](OC(=N)C(Cl)(Cl)Cl)C(OC(=O)c3ccccc3)[C@H]2C)C(N=[N+]=[N-])[C@@H](C)[C@@H]1O[C@@H]1O[C@@H](C(C)=O)[C@@H](O[C@H]2O[C@@H](CC)[C@@H](C)[C@H](C)C2N=[N+]=[N-])[C@H](C)C1OC(=O)CCC(C)=O. The van der Waals surface area contributed by atoms with Crippen LogP contribution in [-0.4, -0.2) is 125 Å². The zero-order valence-electron chi connectivity index (χ0n) is 40.8. The number of benzene rings is 1. The number of carbonyl (C=O) groups excluding carboxylic acids is 4. The van der Waals surface area contributed by atoms with Crippen LogP contribution in [0.2, 0.25) is 0 Å². The van der Waals surface area contributed by atoms with Gasteiger partial charge < -0.3 is 52.2 Å². The lowest BCUT2D eigenvalue weighted by Gasteiger charge is -2.51. The standard InChI is InChI=1S/C46H64Cl3N7O14/c1-11-29-21(4)22(5)32(53-55-51)41(62-29)68-36-25(8)37(64-31(59)19-18-20(3)57)44(69-39(36)26(9)58)67-35-23(6)33(54-56-52)42(63-30(35)12-2)66-34-24(7)38(65-40(60)28-16-14-13-15-17-28)43(61-27(34)10)70-45(50)46(47,48)49/h13-17,21-25,27,29-30,32-39,41-44,50H,11-12,18-19H2,1-10H3/t21-,22-,23+,24-,25-,27?,29-,30?,32?,33?,34-,35-,36-,37?,38?,39-,41+,42+,43+,44+/m0/s1. The summed E-state index contributed by atoms with van der Waals surface area (Å²) < 4.78 is 60.9. The number of carbonyl (C=O) groups is 4. The molecule has 4 aliphatic heterocycles. The summed E-state index contributed by atoms with van der Waals surface area (Å²) in [6.45, 7) is 17.2. The summed E-state index contributed by atoms with van der Waals surface area (Å²) in [6, 6.07) is 6.30. The predicted octanol–water partition coefficient (Wildman–Crippen LogP) is 8.88. The maximum absolute atomic E-state index is 13.6. The van der Waals surface area contributed by atoms with Crippen molar-refractivity contribution in [2.45, 2.75) is 191 Å². The van der Waals surface area contributed by atoms with Gasteiger partial charge in [-0.3, -0.25) is 15.0 Å². The van der Waals surface area contributed by atoms with Gasteiger partial charge in [-0.15, -0.1) is 0 Å². The smallest absolute Gasteiger partial charge is 0.338 e. The first kappa shape index (κ1) is 57.1. The van der Waals surface area contributed by atoms with Crippen LogP contribution in [0.5, 0.6) is 0 Å². The van der Waals surface area contributed by atoms with Crippen LogP contribution >= 0.6 is 34.8 Å². The van der Waals surface area contributed by atoms with E-state index < -0.39 is 131 Å². The summed E-state index contributed by atoms with van der Waals surface area (Å²) in [4.78, 5) is 58.5. The molecule has 0 bridgehead atoms. The van der Waals surface area contributed by atoms with E-state index in [2.05, 4.69) is 20.1 Å². The van der Waals surface area contributed by atoms with E-state index >= 15 is 0 Å². The minimum atomic E-state index is -2.27. The molecule has 4 aliphatic rings. The summed E-state index contributed by atoms with van der Waals surface area (Å²) in [5.74, 6) is -5.37. The van der Waals surface area contributed by atoms with E-state index in [1.807, 2.05) is 27.7 Å². The second-order valence-electron chi connectivity index (χ2n) is 18.5. The van der Waals surface area contributed by atoms with E-state index in [1.165, 1.54) is 13.8 Å². The Hall–Kier alpha value is -3.82. The summed E-state index contributed by atoms with van der Waals surface area (Å²) in [6.07, 6.45) is -13.3. The molecule has 70 heavy (non-hydrogen) atoms. The van der Waals surface area contributed by atoms with Gasteiger partial charge in [0.1, 0.15) is 18.0 Å². The molecule has 0 amide bonds. The third-order valence-electron chi connectivity index (χ3n) is 13.7. The van der Waals surface area contributed by atoms with Crippen molar-refractivity contribution in [2.24, 2.45) is 39.8 Å². The molecule has 4 saturated heterocycles. The third kappa shape index (κ3) is 13.6. The number of esters is 2. The summed E-state index contributed by atoms with van der Waals surface area (Å²) in [5.41, 5.74) is 19.7. The van der Waals surface area contributed by atoms with Crippen molar-refractivity contribution in [3.05, 3.63) is 56.8 Å². The van der Waals surface area contributed by atoms with Crippen LogP contribution in [-0.2, 0) is 61.8 Å². The van der Waals surface area contributed by atoms with Crippen LogP contribution in [0.4, 0.5) is 0 Å². The van der Waals surface area contributed by atoms with Crippen molar-refractivity contribution in [3.8, 4) is 0 Å². The Balaban J connectivity index is 1.44. The van der Waals surface area contributed by atoms with Crippen molar-refractivity contribution in [1.29, 1.82) is 5.41 Å². The lowest BCUT2D eigenvalue weighted by atomic mass is 9.81. The molecule has 4 heterocycles. The second kappa shape index (κ2) is 25.2. The number of Topliss-reactive ketones (excluding diaryl/α,β-unsaturated/α-hetero) is 2. The molecule has 0 aliphatic carbocycles. The largest absolute Gasteiger partial charge is 0.457 e. The van der Waals surface area contributed by atoms with Gasteiger partial charge >= 0.3 is 11.9 Å². The molecule has 6 unspecified atom stereocenters. The predicted molar refractivity (Wildman–Crippen MR) is 252 cm³/mol. The van der Waals surface area contributed by atoms with Crippen LogP contribution in [0.1, 0.15) is 105 Å². The number of halogens is 3. The quantitative estimate of drug-likeness (QED) is 0.0273. The monoisotopic (exact) mass is 1040 g/mol. The van der Waals surface area contributed by atoms with Crippen LogP contribution in [0, 0.1) is 35.0 Å². The molecular formula is C46H64Cl3N7O14. The second-order valence-corrected chi connectivity index (χ2v) is 20.8. The highest BCUT2D eigenvalue weighted by molar-refractivity contribution is 6.76. The van der Waals surface area contributed by atoms with Gasteiger partial charge in [0.25, 0.3) is 3.79 Å². The minimum absolute atomic E-state index is 0.00954. The average molecular weight is 1050 g/mol. The number of hydrogen-bond donors (Lipinski definition) is 1. The molecule has 1 N–H and O–H groups in total. The van der Waals surface area contributed by atoms with Gasteiger partial charge in [-0.1, -0.05) is 112 Å². The van der Waals surface area contributed by atoms with Gasteiger partial charge in [0.15, 0.2) is 36.9 Å². The zero-order chi connectivity index (χ0) is 51.8. The molecule has 4 fully saturated rings. The Morgan fingerprint density at radius 3 is 1.74 bits per heavy atom. The topological polar surface area (TPSA) is 282 Å².